The summed E-state index contributed by atoms with van der Waals surface area (Å²) in [6.45, 7) is 2.64. The lowest BCUT2D eigenvalue weighted by molar-refractivity contribution is 0.189. The minimum absolute atomic E-state index is 0.0298. The van der Waals surface area contributed by atoms with Gasteiger partial charge in [-0.1, -0.05) is 34.1 Å². The van der Waals surface area contributed by atoms with E-state index >= 15 is 0 Å². The van der Waals surface area contributed by atoms with Crippen molar-refractivity contribution in [1.29, 1.82) is 0 Å². The van der Waals surface area contributed by atoms with Gasteiger partial charge in [0, 0.05) is 22.1 Å². The van der Waals surface area contributed by atoms with Crippen LogP contribution < -0.4 is 5.32 Å². The van der Waals surface area contributed by atoms with Crippen LogP contribution in [0.5, 0.6) is 0 Å². The fourth-order valence-corrected chi connectivity index (χ4v) is 3.55. The number of carbonyl (C=O) groups excluding carboxylic acids is 1. The summed E-state index contributed by atoms with van der Waals surface area (Å²) in [5.41, 5.74) is 4.16. The maximum absolute atomic E-state index is 13.0. The van der Waals surface area contributed by atoms with Gasteiger partial charge in [-0.3, -0.25) is 0 Å². The van der Waals surface area contributed by atoms with Gasteiger partial charge in [0.15, 0.2) is 0 Å². The number of para-hydroxylation sites is 1. The maximum Gasteiger partial charge on any atom is 0.322 e. The number of halogens is 1. The highest BCUT2D eigenvalue weighted by molar-refractivity contribution is 9.10. The summed E-state index contributed by atoms with van der Waals surface area (Å²) in [4.78, 5) is 14.8. The van der Waals surface area contributed by atoms with E-state index in [1.165, 1.54) is 0 Å². The molecule has 0 fully saturated rings. The Balaban J connectivity index is 1.68. The van der Waals surface area contributed by atoms with Gasteiger partial charge in [0.2, 0.25) is 0 Å². The van der Waals surface area contributed by atoms with Gasteiger partial charge in [-0.05, 0) is 55.0 Å². The van der Waals surface area contributed by atoms with Crippen LogP contribution in [0.25, 0.3) is 5.69 Å². The zero-order valence-electron chi connectivity index (χ0n) is 13.8. The number of rotatable bonds is 1. The van der Waals surface area contributed by atoms with Crippen LogP contribution in [0.2, 0.25) is 0 Å². The summed E-state index contributed by atoms with van der Waals surface area (Å²) < 4.78 is 3.16. The molecule has 1 aliphatic rings. The molecule has 1 aliphatic heterocycles. The Hall–Kier alpha value is -2.53. The van der Waals surface area contributed by atoms with Gasteiger partial charge in [0.1, 0.15) is 0 Å². The summed E-state index contributed by atoms with van der Waals surface area (Å²) in [7, 11) is 0. The van der Waals surface area contributed by atoms with Gasteiger partial charge >= 0.3 is 6.03 Å². The van der Waals surface area contributed by atoms with Crippen LogP contribution in [0.1, 0.15) is 24.2 Å². The summed E-state index contributed by atoms with van der Waals surface area (Å²) in [6.07, 6.45) is 2.06. The number of hydrogen-bond donors (Lipinski definition) is 1. The van der Waals surface area contributed by atoms with E-state index in [-0.39, 0.29) is 12.1 Å². The first kappa shape index (κ1) is 16.0. The standard InChI is InChI=1S/C20H18BrN3O/c1-14-18-7-4-12-23(18)19-6-3-2-5-15(19)13-24(14)20(25)22-17-10-8-16(21)9-11-17/h2-12,14H,13H2,1H3,(H,22,25)/t14-/m0/s1. The van der Waals surface area contributed by atoms with Crippen molar-refractivity contribution in [3.63, 3.8) is 0 Å². The third-order valence-corrected chi connectivity index (χ3v) is 5.15. The number of carbonyl (C=O) groups is 1. The van der Waals surface area contributed by atoms with Crippen molar-refractivity contribution >= 4 is 27.6 Å². The minimum Gasteiger partial charge on any atom is -0.318 e. The Bertz CT molecular complexity index is 917. The Morgan fingerprint density at radius 3 is 2.64 bits per heavy atom. The second-order valence-corrected chi connectivity index (χ2v) is 7.09. The van der Waals surface area contributed by atoms with Crippen LogP contribution in [0, 0.1) is 0 Å². The van der Waals surface area contributed by atoms with Gasteiger partial charge in [0.05, 0.1) is 18.3 Å². The first-order valence-electron chi connectivity index (χ1n) is 8.22. The molecule has 2 aromatic carbocycles. The number of urea groups is 1. The largest absolute Gasteiger partial charge is 0.322 e. The fourth-order valence-electron chi connectivity index (χ4n) is 3.29. The zero-order chi connectivity index (χ0) is 17.4. The van der Waals surface area contributed by atoms with Crippen molar-refractivity contribution in [2.75, 3.05) is 5.32 Å². The Labute approximate surface area is 155 Å². The second-order valence-electron chi connectivity index (χ2n) is 6.17. The molecule has 0 aliphatic carbocycles. The third-order valence-electron chi connectivity index (χ3n) is 4.62. The molecular weight excluding hydrogens is 378 g/mol. The van der Waals surface area contributed by atoms with Crippen LogP contribution in [0.4, 0.5) is 10.5 Å². The minimum atomic E-state index is -0.0979. The van der Waals surface area contributed by atoms with Crippen LogP contribution in [-0.4, -0.2) is 15.5 Å². The Kier molecular flexibility index (Phi) is 4.09. The van der Waals surface area contributed by atoms with Crippen molar-refractivity contribution in [3.8, 4) is 5.69 Å². The summed E-state index contributed by atoms with van der Waals surface area (Å²) in [5.74, 6) is 0. The molecule has 0 saturated carbocycles. The van der Waals surface area contributed by atoms with Gasteiger partial charge < -0.3 is 14.8 Å². The first-order valence-corrected chi connectivity index (χ1v) is 9.01. The highest BCUT2D eigenvalue weighted by atomic mass is 79.9. The molecule has 1 N–H and O–H groups in total. The molecule has 2 heterocycles. The van der Waals surface area contributed by atoms with Gasteiger partial charge in [0.25, 0.3) is 0 Å². The molecule has 4 rings (SSSR count). The molecule has 1 atom stereocenters. The quantitative estimate of drug-likeness (QED) is 0.592. The Morgan fingerprint density at radius 1 is 1.08 bits per heavy atom. The molecule has 25 heavy (non-hydrogen) atoms. The molecule has 3 aromatic rings. The normalized spacial score (nSPS) is 15.9. The van der Waals surface area contributed by atoms with Crippen LogP contribution in [0.3, 0.4) is 0 Å². The number of nitrogens with one attached hydrogen (secondary N) is 1. The number of amides is 2. The molecule has 0 bridgehead atoms. The van der Waals surface area contributed by atoms with Gasteiger partial charge in [-0.25, -0.2) is 4.79 Å². The van der Waals surface area contributed by atoms with Crippen molar-refractivity contribution in [1.82, 2.24) is 9.47 Å². The molecule has 0 radical (unpaired) electrons. The molecule has 1 aromatic heterocycles. The van der Waals surface area contributed by atoms with Crippen molar-refractivity contribution in [2.45, 2.75) is 19.5 Å². The smallest absolute Gasteiger partial charge is 0.318 e. The molecule has 126 valence electrons. The van der Waals surface area contributed by atoms with Crippen molar-refractivity contribution in [2.24, 2.45) is 0 Å². The second kappa shape index (κ2) is 6.41. The number of hydrogen-bond acceptors (Lipinski definition) is 1. The lowest BCUT2D eigenvalue weighted by atomic mass is 10.1. The summed E-state index contributed by atoms with van der Waals surface area (Å²) >= 11 is 3.41. The monoisotopic (exact) mass is 395 g/mol. The van der Waals surface area contributed by atoms with E-state index in [9.17, 15) is 4.79 Å². The van der Waals surface area contributed by atoms with Crippen LogP contribution >= 0.6 is 15.9 Å². The maximum atomic E-state index is 13.0. The zero-order valence-corrected chi connectivity index (χ0v) is 15.4. The predicted molar refractivity (Wildman–Crippen MR) is 103 cm³/mol. The highest BCUT2D eigenvalue weighted by Gasteiger charge is 2.28. The molecule has 4 nitrogen and oxygen atoms in total. The van der Waals surface area contributed by atoms with E-state index in [1.54, 1.807) is 0 Å². The van der Waals surface area contributed by atoms with Crippen molar-refractivity contribution < 1.29 is 4.79 Å². The molecule has 2 amide bonds. The van der Waals surface area contributed by atoms with E-state index in [4.69, 9.17) is 0 Å². The number of nitrogens with zero attached hydrogens (tertiary/aromatic N) is 2. The molecule has 5 heteroatoms. The predicted octanol–water partition coefficient (Wildman–Crippen LogP) is 5.35. The topological polar surface area (TPSA) is 37.3 Å². The SMILES string of the molecule is C[C@H]1c2cccn2-c2ccccc2CN1C(=O)Nc1ccc(Br)cc1. The van der Waals surface area contributed by atoms with E-state index in [0.717, 1.165) is 27.1 Å². The van der Waals surface area contributed by atoms with E-state index in [1.807, 2.05) is 47.4 Å². The van der Waals surface area contributed by atoms with Crippen LogP contribution in [0.15, 0.2) is 71.3 Å². The van der Waals surface area contributed by atoms with E-state index < -0.39 is 0 Å². The molecule has 0 spiro atoms. The summed E-state index contributed by atoms with van der Waals surface area (Å²) in [6, 6.07) is 19.8. The van der Waals surface area contributed by atoms with Crippen molar-refractivity contribution in [3.05, 3.63) is 82.6 Å². The number of aromatic nitrogens is 1. The average molecular weight is 396 g/mol. The van der Waals surface area contributed by atoms with E-state index in [0.29, 0.717) is 6.54 Å². The Morgan fingerprint density at radius 2 is 1.84 bits per heavy atom. The van der Waals surface area contributed by atoms with Crippen LogP contribution in [-0.2, 0) is 6.54 Å². The summed E-state index contributed by atoms with van der Waals surface area (Å²) in [5, 5.41) is 3.01. The van der Waals surface area contributed by atoms with Gasteiger partial charge in [-0.15, -0.1) is 0 Å². The fraction of sp³-hybridized carbons (Fsp3) is 0.150. The lowest BCUT2D eigenvalue weighted by Crippen LogP contribution is -2.36. The molecule has 0 unspecified atom stereocenters. The number of anilines is 1. The number of benzene rings is 2. The average Bonchev–Trinajstić information content (AvgIpc) is 3.07. The molecule has 0 saturated heterocycles. The third kappa shape index (κ3) is 2.96. The lowest BCUT2D eigenvalue weighted by Gasteiger charge is -2.27. The van der Waals surface area contributed by atoms with E-state index in [2.05, 4.69) is 57.1 Å². The number of fused-ring (bicyclic) bond motifs is 3. The highest BCUT2D eigenvalue weighted by Crippen LogP contribution is 2.32. The first-order chi connectivity index (χ1) is 12.1. The molecular formula is C20H18BrN3O. The van der Waals surface area contributed by atoms with Gasteiger partial charge in [-0.2, -0.15) is 0 Å².